The summed E-state index contributed by atoms with van der Waals surface area (Å²) < 4.78 is 0. The molecule has 2 N–H and O–H groups in total. The van der Waals surface area contributed by atoms with Gasteiger partial charge in [-0.2, -0.15) is 0 Å². The Morgan fingerprint density at radius 3 is 2.70 bits per heavy atom. The van der Waals surface area contributed by atoms with Crippen molar-refractivity contribution in [2.75, 3.05) is 31.1 Å². The molecule has 1 atom stereocenters. The van der Waals surface area contributed by atoms with Gasteiger partial charge in [-0.3, -0.25) is 15.5 Å². The lowest BCUT2D eigenvalue weighted by molar-refractivity contribution is -0.135. The van der Waals surface area contributed by atoms with Gasteiger partial charge in [-0.25, -0.2) is 4.99 Å². The summed E-state index contributed by atoms with van der Waals surface area (Å²) >= 11 is 0. The molecule has 1 aliphatic rings. The molecule has 1 unspecified atom stereocenters. The van der Waals surface area contributed by atoms with E-state index >= 15 is 0 Å². The number of anilines is 1. The van der Waals surface area contributed by atoms with Gasteiger partial charge in [0.2, 0.25) is 5.91 Å². The monoisotopic (exact) mass is 318 g/mol. The molecule has 1 aromatic rings. The fraction of sp³-hybridized carbons (Fsp3) is 0.529. The van der Waals surface area contributed by atoms with Gasteiger partial charge in [-0.05, 0) is 51.0 Å². The van der Waals surface area contributed by atoms with Crippen molar-refractivity contribution in [1.82, 2.24) is 10.4 Å². The van der Waals surface area contributed by atoms with Gasteiger partial charge in [0, 0.05) is 31.9 Å². The number of rotatable bonds is 6. The predicted molar refractivity (Wildman–Crippen MR) is 92.4 cm³/mol. The van der Waals surface area contributed by atoms with Gasteiger partial charge in [0.05, 0.1) is 11.6 Å². The normalized spacial score (nSPS) is 18.2. The van der Waals surface area contributed by atoms with Gasteiger partial charge in [0.25, 0.3) is 0 Å². The van der Waals surface area contributed by atoms with Crippen LogP contribution in [-0.2, 0) is 4.79 Å². The standard InChI is InChI=1S/C17H26N4O2/c1-3-20(4-2)17(22)14-6-5-11-21(12-14)16-9-7-15(8-10-16)18-13-19-23/h7-10,13-14,23H,3-6,11-12H2,1-2H3,(H,18,19). The Morgan fingerprint density at radius 1 is 1.39 bits per heavy atom. The fourth-order valence-electron chi connectivity index (χ4n) is 3.06. The number of hydrogen-bond donors (Lipinski definition) is 2. The van der Waals surface area contributed by atoms with E-state index in [1.165, 1.54) is 6.34 Å². The molecule has 0 aliphatic carbocycles. The first-order chi connectivity index (χ1) is 11.2. The molecule has 1 aromatic carbocycles. The number of nitrogens with one attached hydrogen (secondary N) is 1. The van der Waals surface area contributed by atoms with E-state index in [0.29, 0.717) is 0 Å². The van der Waals surface area contributed by atoms with E-state index < -0.39 is 0 Å². The van der Waals surface area contributed by atoms with Crippen molar-refractivity contribution in [3.05, 3.63) is 24.3 Å². The van der Waals surface area contributed by atoms with Crippen LogP contribution in [0.25, 0.3) is 0 Å². The number of amides is 1. The van der Waals surface area contributed by atoms with Gasteiger partial charge in [-0.15, -0.1) is 0 Å². The largest absolute Gasteiger partial charge is 0.371 e. The van der Waals surface area contributed by atoms with Crippen molar-refractivity contribution in [1.29, 1.82) is 0 Å². The SMILES string of the molecule is CCN(CC)C(=O)C1CCCN(c2ccc(N=CNO)cc2)C1. The number of hydrogen-bond acceptors (Lipinski definition) is 4. The minimum atomic E-state index is 0.0833. The summed E-state index contributed by atoms with van der Waals surface area (Å²) in [6.07, 6.45) is 3.23. The van der Waals surface area contributed by atoms with E-state index in [-0.39, 0.29) is 11.8 Å². The Kier molecular flexibility index (Phi) is 6.40. The van der Waals surface area contributed by atoms with Crippen molar-refractivity contribution in [2.24, 2.45) is 10.9 Å². The zero-order valence-corrected chi connectivity index (χ0v) is 13.9. The second-order valence-corrected chi connectivity index (χ2v) is 5.70. The van der Waals surface area contributed by atoms with E-state index in [1.54, 1.807) is 0 Å². The Balaban J connectivity index is 2.03. The summed E-state index contributed by atoms with van der Waals surface area (Å²) in [6.45, 7) is 7.36. The van der Waals surface area contributed by atoms with Crippen LogP contribution in [0, 0.1) is 5.92 Å². The van der Waals surface area contributed by atoms with Crippen molar-refractivity contribution in [2.45, 2.75) is 26.7 Å². The van der Waals surface area contributed by atoms with Gasteiger partial charge in [0.1, 0.15) is 6.34 Å². The maximum absolute atomic E-state index is 12.6. The van der Waals surface area contributed by atoms with Crippen LogP contribution >= 0.6 is 0 Å². The highest BCUT2D eigenvalue weighted by Gasteiger charge is 2.28. The third-order valence-corrected chi connectivity index (χ3v) is 4.33. The summed E-state index contributed by atoms with van der Waals surface area (Å²) in [4.78, 5) is 20.8. The van der Waals surface area contributed by atoms with Gasteiger partial charge in [0.15, 0.2) is 0 Å². The van der Waals surface area contributed by atoms with Crippen molar-refractivity contribution >= 4 is 23.6 Å². The predicted octanol–water partition coefficient (Wildman–Crippen LogP) is 2.41. The van der Waals surface area contributed by atoms with Crippen LogP contribution in [0.3, 0.4) is 0 Å². The van der Waals surface area contributed by atoms with Gasteiger partial charge >= 0.3 is 0 Å². The third kappa shape index (κ3) is 4.45. The summed E-state index contributed by atoms with van der Waals surface area (Å²) in [7, 11) is 0. The first-order valence-corrected chi connectivity index (χ1v) is 8.25. The van der Waals surface area contributed by atoms with Crippen LogP contribution in [-0.4, -0.2) is 48.5 Å². The molecule has 23 heavy (non-hydrogen) atoms. The van der Waals surface area contributed by atoms with Gasteiger partial charge in [-0.1, -0.05) is 0 Å². The average Bonchev–Trinajstić information content (AvgIpc) is 2.61. The van der Waals surface area contributed by atoms with Crippen molar-refractivity contribution < 1.29 is 10.0 Å². The second kappa shape index (κ2) is 8.53. The van der Waals surface area contributed by atoms with E-state index in [0.717, 1.165) is 50.4 Å². The van der Waals surface area contributed by atoms with Crippen LogP contribution in [0.1, 0.15) is 26.7 Å². The molecule has 1 aliphatic heterocycles. The Hall–Kier alpha value is -2.08. The lowest BCUT2D eigenvalue weighted by Gasteiger charge is -2.35. The fourth-order valence-corrected chi connectivity index (χ4v) is 3.06. The molecule has 1 fully saturated rings. The topological polar surface area (TPSA) is 68.2 Å². The lowest BCUT2D eigenvalue weighted by atomic mass is 9.96. The highest BCUT2D eigenvalue weighted by molar-refractivity contribution is 5.79. The number of piperidine rings is 1. The molecule has 0 bridgehead atoms. The molecule has 1 amide bonds. The lowest BCUT2D eigenvalue weighted by Crippen LogP contribution is -2.44. The van der Waals surface area contributed by atoms with Crippen LogP contribution in [0.15, 0.2) is 29.3 Å². The average molecular weight is 318 g/mol. The third-order valence-electron chi connectivity index (χ3n) is 4.33. The van der Waals surface area contributed by atoms with Crippen LogP contribution in [0.2, 0.25) is 0 Å². The molecule has 1 heterocycles. The van der Waals surface area contributed by atoms with Crippen molar-refractivity contribution in [3.8, 4) is 0 Å². The summed E-state index contributed by atoms with van der Waals surface area (Å²) in [5.41, 5.74) is 3.77. The molecule has 0 saturated carbocycles. The molecular formula is C17H26N4O2. The molecule has 126 valence electrons. The maximum Gasteiger partial charge on any atom is 0.227 e. The molecule has 2 rings (SSSR count). The zero-order valence-electron chi connectivity index (χ0n) is 13.9. The molecule has 1 saturated heterocycles. The molecule has 0 aromatic heterocycles. The number of benzene rings is 1. The highest BCUT2D eigenvalue weighted by atomic mass is 16.5. The molecule has 6 nitrogen and oxygen atoms in total. The number of carbonyl (C=O) groups excluding carboxylic acids is 1. The summed E-state index contributed by atoms with van der Waals surface area (Å²) in [5.74, 6) is 0.356. The quantitative estimate of drug-likeness (QED) is 0.480. The van der Waals surface area contributed by atoms with E-state index in [1.807, 2.05) is 48.5 Å². The summed E-state index contributed by atoms with van der Waals surface area (Å²) in [5, 5.41) is 8.51. The Morgan fingerprint density at radius 2 is 2.09 bits per heavy atom. The first-order valence-electron chi connectivity index (χ1n) is 8.25. The number of hydroxylamine groups is 1. The van der Waals surface area contributed by atoms with Gasteiger partial charge < -0.3 is 9.80 Å². The first kappa shape index (κ1) is 17.3. The van der Waals surface area contributed by atoms with Crippen molar-refractivity contribution in [3.63, 3.8) is 0 Å². The Bertz CT molecular complexity index is 526. The molecular weight excluding hydrogens is 292 g/mol. The smallest absolute Gasteiger partial charge is 0.227 e. The summed E-state index contributed by atoms with van der Waals surface area (Å²) in [6, 6.07) is 7.82. The number of carbonyl (C=O) groups is 1. The van der Waals surface area contributed by atoms with E-state index in [9.17, 15) is 4.79 Å². The minimum Gasteiger partial charge on any atom is -0.371 e. The molecule has 0 radical (unpaired) electrons. The second-order valence-electron chi connectivity index (χ2n) is 5.70. The maximum atomic E-state index is 12.6. The van der Waals surface area contributed by atoms with E-state index in [2.05, 4.69) is 9.89 Å². The number of aliphatic imine (C=N–C) groups is 1. The highest BCUT2D eigenvalue weighted by Crippen LogP contribution is 2.26. The zero-order chi connectivity index (χ0) is 16.7. The van der Waals surface area contributed by atoms with Crippen LogP contribution in [0.5, 0.6) is 0 Å². The van der Waals surface area contributed by atoms with Crippen LogP contribution in [0.4, 0.5) is 11.4 Å². The molecule has 0 spiro atoms. The van der Waals surface area contributed by atoms with E-state index in [4.69, 9.17) is 5.21 Å². The van der Waals surface area contributed by atoms with Crippen LogP contribution < -0.4 is 10.4 Å². The minimum absolute atomic E-state index is 0.0833. The molecule has 6 heteroatoms. The number of nitrogens with zero attached hydrogens (tertiary/aromatic N) is 3. The Labute approximate surface area is 137 Å².